The number of aromatic carboxylic acids is 2. The van der Waals surface area contributed by atoms with E-state index in [0.717, 1.165) is 41.3 Å². The molecule has 0 spiro atoms. The number of carboxylic acids is 4. The molecule has 0 unspecified atom stereocenters. The Balaban J connectivity index is 2.70. The number of hydrogen-bond donors (Lipinski definition) is 7. The number of carbonyl (C=O) groups is 4. The maximum Gasteiger partial charge on any atom is 0.335 e. The number of phenols is 2. The molecule has 12 heteroatoms. The number of hydrogen-bond acceptors (Lipinski definition) is 8. The van der Waals surface area contributed by atoms with Gasteiger partial charge in [0.15, 0.2) is 0 Å². The zero-order valence-electron chi connectivity index (χ0n) is 17.8. The number of phenolic OH excluding ortho intramolecular Hbond substituents is 2. The monoisotopic (exact) mass is 476 g/mol. The Kier molecular flexibility index (Phi) is 8.16. The summed E-state index contributed by atoms with van der Waals surface area (Å²) in [6.07, 6.45) is -0.624. The molecule has 2 rings (SSSR count). The molecule has 0 saturated carbocycles. The van der Waals surface area contributed by atoms with Gasteiger partial charge < -0.3 is 36.4 Å². The second-order valence-electron chi connectivity index (χ2n) is 7.72. The number of aliphatic carboxylic acids is 2. The summed E-state index contributed by atoms with van der Waals surface area (Å²) in [6.45, 7) is -1.97. The van der Waals surface area contributed by atoms with E-state index >= 15 is 0 Å². The van der Waals surface area contributed by atoms with Crippen LogP contribution in [0.15, 0.2) is 36.4 Å². The van der Waals surface area contributed by atoms with Gasteiger partial charge in [0, 0.05) is 12.1 Å². The first-order chi connectivity index (χ1) is 15.9. The Labute approximate surface area is 193 Å². The van der Waals surface area contributed by atoms with Gasteiger partial charge in [0.25, 0.3) is 0 Å². The second kappa shape index (κ2) is 10.6. The van der Waals surface area contributed by atoms with E-state index in [1.807, 2.05) is 0 Å². The molecule has 0 saturated heterocycles. The van der Waals surface area contributed by atoms with Gasteiger partial charge in [-0.15, -0.1) is 0 Å². The van der Waals surface area contributed by atoms with E-state index in [9.17, 15) is 49.8 Å². The summed E-state index contributed by atoms with van der Waals surface area (Å²) in [5.41, 5.74) is 4.16. The Morgan fingerprint density at radius 3 is 1.41 bits per heavy atom. The van der Waals surface area contributed by atoms with Crippen molar-refractivity contribution in [1.82, 2.24) is 4.90 Å². The Morgan fingerprint density at radius 2 is 1.12 bits per heavy atom. The summed E-state index contributed by atoms with van der Waals surface area (Å²) in [5.74, 6) is -6.02. The first-order valence-corrected chi connectivity index (χ1v) is 9.87. The van der Waals surface area contributed by atoms with Gasteiger partial charge in [-0.2, -0.15) is 0 Å². The zero-order chi connectivity index (χ0) is 25.6. The minimum Gasteiger partial charge on any atom is -0.508 e. The number of nitrogens with two attached hydrogens (primary N) is 1. The average Bonchev–Trinajstić information content (AvgIpc) is 2.74. The topological polar surface area (TPSA) is 219 Å². The SMILES string of the molecule is NCC(Cc1cc(C(=O)O)ccc1O)(Cc1cc(C(=O)O)ccc1O)N(CC(=O)O)CC(=O)O. The van der Waals surface area contributed by atoms with Crippen LogP contribution in [0.1, 0.15) is 31.8 Å². The van der Waals surface area contributed by atoms with Gasteiger partial charge in [0.05, 0.1) is 24.2 Å². The van der Waals surface area contributed by atoms with Crippen molar-refractivity contribution in [2.24, 2.45) is 5.73 Å². The summed E-state index contributed by atoms with van der Waals surface area (Å²) >= 11 is 0. The molecule has 2 aromatic rings. The van der Waals surface area contributed by atoms with Crippen molar-refractivity contribution in [2.75, 3.05) is 19.6 Å². The molecule has 182 valence electrons. The lowest BCUT2D eigenvalue weighted by Crippen LogP contribution is -2.59. The molecule has 0 aliphatic carbocycles. The highest BCUT2D eigenvalue weighted by atomic mass is 16.4. The van der Waals surface area contributed by atoms with Crippen molar-refractivity contribution in [3.63, 3.8) is 0 Å². The predicted molar refractivity (Wildman–Crippen MR) is 116 cm³/mol. The molecule has 0 amide bonds. The van der Waals surface area contributed by atoms with Crippen LogP contribution in [0.4, 0.5) is 0 Å². The second-order valence-corrected chi connectivity index (χ2v) is 7.72. The number of nitrogens with zero attached hydrogens (tertiary/aromatic N) is 1. The minimum absolute atomic E-state index is 0.0417. The van der Waals surface area contributed by atoms with Gasteiger partial charge in [-0.25, -0.2) is 9.59 Å². The molecule has 2 aromatic carbocycles. The minimum atomic E-state index is -1.58. The van der Waals surface area contributed by atoms with Crippen molar-refractivity contribution in [2.45, 2.75) is 18.4 Å². The maximum absolute atomic E-state index is 11.5. The summed E-state index contributed by atoms with van der Waals surface area (Å²) in [6, 6.07) is 6.85. The molecule has 0 fully saturated rings. The normalized spacial score (nSPS) is 11.4. The number of rotatable bonds is 12. The van der Waals surface area contributed by atoms with E-state index in [2.05, 4.69) is 0 Å². The largest absolute Gasteiger partial charge is 0.508 e. The summed E-state index contributed by atoms with van der Waals surface area (Å²) < 4.78 is 0. The maximum atomic E-state index is 11.5. The lowest BCUT2D eigenvalue weighted by atomic mass is 9.81. The number of benzene rings is 2. The first kappa shape index (κ1) is 26.1. The van der Waals surface area contributed by atoms with Crippen molar-refractivity contribution in [3.05, 3.63) is 58.7 Å². The van der Waals surface area contributed by atoms with Crippen LogP contribution in [0.5, 0.6) is 11.5 Å². The van der Waals surface area contributed by atoms with E-state index in [4.69, 9.17) is 5.73 Å². The fraction of sp³-hybridized carbons (Fsp3) is 0.273. The van der Waals surface area contributed by atoms with Crippen molar-refractivity contribution in [1.29, 1.82) is 0 Å². The molecule has 8 N–H and O–H groups in total. The molecule has 0 atom stereocenters. The smallest absolute Gasteiger partial charge is 0.335 e. The Morgan fingerprint density at radius 1 is 0.735 bits per heavy atom. The quantitative estimate of drug-likeness (QED) is 0.222. The van der Waals surface area contributed by atoms with Crippen LogP contribution in [0.2, 0.25) is 0 Å². The molecule has 0 aromatic heterocycles. The lowest BCUT2D eigenvalue weighted by molar-refractivity contribution is -0.145. The van der Waals surface area contributed by atoms with Gasteiger partial charge in [0.2, 0.25) is 0 Å². The fourth-order valence-electron chi connectivity index (χ4n) is 3.71. The third kappa shape index (κ3) is 6.21. The molecular formula is C22H24N2O10. The van der Waals surface area contributed by atoms with Gasteiger partial charge >= 0.3 is 23.9 Å². The van der Waals surface area contributed by atoms with Gasteiger partial charge in [-0.05, 0) is 60.4 Å². The third-order valence-corrected chi connectivity index (χ3v) is 5.39. The highest BCUT2D eigenvalue weighted by molar-refractivity contribution is 5.88. The first-order valence-electron chi connectivity index (χ1n) is 9.87. The Bertz CT molecular complexity index is 1030. The molecule has 12 nitrogen and oxygen atoms in total. The van der Waals surface area contributed by atoms with E-state index in [1.165, 1.54) is 0 Å². The molecule has 0 radical (unpaired) electrons. The molecule has 0 bridgehead atoms. The summed E-state index contributed by atoms with van der Waals surface area (Å²) in [4.78, 5) is 46.9. The van der Waals surface area contributed by atoms with Gasteiger partial charge in [-0.3, -0.25) is 14.5 Å². The molecule has 0 heterocycles. The fourth-order valence-corrected chi connectivity index (χ4v) is 3.71. The lowest BCUT2D eigenvalue weighted by Gasteiger charge is -2.42. The van der Waals surface area contributed by atoms with Crippen LogP contribution in [0, 0.1) is 0 Å². The molecule has 0 aliphatic rings. The van der Waals surface area contributed by atoms with Crippen LogP contribution in [-0.4, -0.2) is 84.6 Å². The van der Waals surface area contributed by atoms with E-state index in [0.29, 0.717) is 0 Å². The van der Waals surface area contributed by atoms with Crippen molar-refractivity contribution < 1.29 is 49.8 Å². The van der Waals surface area contributed by atoms with Crippen LogP contribution < -0.4 is 5.73 Å². The zero-order valence-corrected chi connectivity index (χ0v) is 17.8. The van der Waals surface area contributed by atoms with E-state index in [-0.39, 0.29) is 53.1 Å². The average molecular weight is 476 g/mol. The molecule has 0 aliphatic heterocycles. The van der Waals surface area contributed by atoms with Gasteiger partial charge in [0.1, 0.15) is 11.5 Å². The van der Waals surface area contributed by atoms with Crippen molar-refractivity contribution in [3.8, 4) is 11.5 Å². The molecule has 34 heavy (non-hydrogen) atoms. The van der Waals surface area contributed by atoms with Crippen LogP contribution in [0.25, 0.3) is 0 Å². The van der Waals surface area contributed by atoms with Crippen LogP contribution >= 0.6 is 0 Å². The molecular weight excluding hydrogens is 452 g/mol. The van der Waals surface area contributed by atoms with E-state index < -0.39 is 42.5 Å². The highest BCUT2D eigenvalue weighted by Crippen LogP contribution is 2.33. The highest BCUT2D eigenvalue weighted by Gasteiger charge is 2.40. The Hall–Kier alpha value is -4.16. The van der Waals surface area contributed by atoms with Crippen LogP contribution in [0.3, 0.4) is 0 Å². The van der Waals surface area contributed by atoms with Crippen molar-refractivity contribution >= 4 is 23.9 Å². The van der Waals surface area contributed by atoms with Crippen LogP contribution in [-0.2, 0) is 22.4 Å². The van der Waals surface area contributed by atoms with Gasteiger partial charge in [-0.1, -0.05) is 0 Å². The standard InChI is InChI=1S/C22H24N2O10/c23-11-22(24(9-18(27)28)10-19(29)30,7-14-5-12(20(31)32)1-3-16(14)25)8-15-6-13(21(33)34)2-4-17(15)26/h1-6,25-26H,7-11,23H2,(H,27,28)(H,29,30)(H,31,32)(H,33,34). The summed E-state index contributed by atoms with van der Waals surface area (Å²) in [7, 11) is 0. The third-order valence-electron chi connectivity index (χ3n) is 5.39. The summed E-state index contributed by atoms with van der Waals surface area (Å²) in [5, 5.41) is 58.1. The predicted octanol–water partition coefficient (Wildman–Crippen LogP) is 0.448. The number of aromatic hydroxyl groups is 2. The number of carboxylic acid groups (broad SMARTS) is 4. The van der Waals surface area contributed by atoms with E-state index in [1.54, 1.807) is 0 Å².